The van der Waals surface area contributed by atoms with E-state index in [1.807, 2.05) is 0 Å². The number of hydrogen-bond acceptors (Lipinski definition) is 5. The molecule has 7 nitrogen and oxygen atoms in total. The SMILES string of the molecule is COc1ccc(CN2C(=O)[C@H]3CCCC[C@H]3C2=O)cc1S(=O)(=O)NC1CCCCC1. The van der Waals surface area contributed by atoms with Crippen LogP contribution in [0.15, 0.2) is 23.1 Å². The molecule has 1 aromatic carbocycles. The summed E-state index contributed by atoms with van der Waals surface area (Å²) in [6, 6.07) is 4.79. The summed E-state index contributed by atoms with van der Waals surface area (Å²) in [5.74, 6) is -0.397. The number of hydrogen-bond donors (Lipinski definition) is 1. The molecule has 2 saturated carbocycles. The second-order valence-corrected chi connectivity index (χ2v) is 10.4. The molecule has 8 heteroatoms. The summed E-state index contributed by atoms with van der Waals surface area (Å²) in [6.07, 6.45) is 8.33. The molecule has 0 unspecified atom stereocenters. The quantitative estimate of drug-likeness (QED) is 0.695. The minimum absolute atomic E-state index is 0.0598. The highest BCUT2D eigenvalue weighted by Gasteiger charge is 2.47. The number of fused-ring (bicyclic) bond motifs is 1. The molecule has 2 amide bonds. The molecule has 1 aromatic rings. The molecule has 2 atom stereocenters. The summed E-state index contributed by atoms with van der Waals surface area (Å²) in [5.41, 5.74) is 0.611. The fourth-order valence-corrected chi connectivity index (χ4v) is 6.63. The predicted octanol–water partition coefficient (Wildman–Crippen LogP) is 2.98. The molecule has 0 spiro atoms. The standard InChI is InChI=1S/C22H30N2O5S/c1-29-19-12-11-15(13-20(19)30(27,28)23-16-7-3-2-4-8-16)14-24-21(25)17-9-5-6-10-18(17)22(24)26/h11-13,16-18,23H,2-10,14H2,1H3/t17-,18+. The first-order valence-electron chi connectivity index (χ1n) is 10.9. The Balaban J connectivity index is 1.56. The molecule has 1 aliphatic heterocycles. The highest BCUT2D eigenvalue weighted by Crippen LogP contribution is 2.39. The minimum atomic E-state index is -3.77. The number of rotatable bonds is 6. The van der Waals surface area contributed by atoms with Gasteiger partial charge in [0, 0.05) is 6.04 Å². The Hall–Kier alpha value is -1.93. The highest BCUT2D eigenvalue weighted by molar-refractivity contribution is 7.89. The van der Waals surface area contributed by atoms with Gasteiger partial charge in [-0.3, -0.25) is 14.5 Å². The Bertz CT molecular complexity index is 899. The van der Waals surface area contributed by atoms with Crippen molar-refractivity contribution in [3.63, 3.8) is 0 Å². The number of sulfonamides is 1. The number of imide groups is 1. The third-order valence-corrected chi connectivity index (χ3v) is 8.26. The normalized spacial score (nSPS) is 25.4. The van der Waals surface area contributed by atoms with E-state index in [0.717, 1.165) is 57.8 Å². The van der Waals surface area contributed by atoms with Crippen LogP contribution in [0.2, 0.25) is 0 Å². The fourth-order valence-electron chi connectivity index (χ4n) is 5.10. The molecule has 3 aliphatic rings. The Kier molecular flexibility index (Phi) is 6.16. The highest BCUT2D eigenvalue weighted by atomic mass is 32.2. The fraction of sp³-hybridized carbons (Fsp3) is 0.636. The third-order valence-electron chi connectivity index (χ3n) is 6.72. The third kappa shape index (κ3) is 4.12. The van der Waals surface area contributed by atoms with E-state index in [4.69, 9.17) is 4.74 Å². The monoisotopic (exact) mass is 434 g/mol. The summed E-state index contributed by atoms with van der Waals surface area (Å²) >= 11 is 0. The number of carbonyl (C=O) groups excluding carboxylic acids is 2. The summed E-state index contributed by atoms with van der Waals surface area (Å²) in [6.45, 7) is 0.0978. The van der Waals surface area contributed by atoms with Crippen LogP contribution in [0.25, 0.3) is 0 Å². The van der Waals surface area contributed by atoms with Crippen molar-refractivity contribution in [3.8, 4) is 5.75 Å². The molecule has 30 heavy (non-hydrogen) atoms. The van der Waals surface area contributed by atoms with E-state index in [2.05, 4.69) is 4.72 Å². The molecule has 164 valence electrons. The molecular weight excluding hydrogens is 404 g/mol. The summed E-state index contributed by atoms with van der Waals surface area (Å²) < 4.78 is 34.2. The number of carbonyl (C=O) groups is 2. The van der Waals surface area contributed by atoms with E-state index in [1.54, 1.807) is 12.1 Å². The first kappa shape index (κ1) is 21.3. The molecule has 0 radical (unpaired) electrons. The number of amides is 2. The Morgan fingerprint density at radius 2 is 1.57 bits per heavy atom. The lowest BCUT2D eigenvalue weighted by atomic mass is 9.81. The summed E-state index contributed by atoms with van der Waals surface area (Å²) in [5, 5.41) is 0. The van der Waals surface area contributed by atoms with Crippen LogP contribution in [-0.2, 0) is 26.2 Å². The Morgan fingerprint density at radius 1 is 0.967 bits per heavy atom. The molecule has 3 fully saturated rings. The van der Waals surface area contributed by atoms with E-state index in [0.29, 0.717) is 5.56 Å². The van der Waals surface area contributed by atoms with E-state index in [-0.39, 0.29) is 46.9 Å². The van der Waals surface area contributed by atoms with Crippen LogP contribution in [0.5, 0.6) is 5.75 Å². The van der Waals surface area contributed by atoms with E-state index < -0.39 is 10.0 Å². The predicted molar refractivity (Wildman–Crippen MR) is 111 cm³/mol. The lowest BCUT2D eigenvalue weighted by Gasteiger charge is -2.23. The van der Waals surface area contributed by atoms with Gasteiger partial charge in [-0.15, -0.1) is 0 Å². The zero-order chi connectivity index (χ0) is 21.3. The molecule has 1 N–H and O–H groups in total. The van der Waals surface area contributed by atoms with Crippen LogP contribution in [0.1, 0.15) is 63.4 Å². The zero-order valence-electron chi connectivity index (χ0n) is 17.4. The van der Waals surface area contributed by atoms with Gasteiger partial charge in [0.1, 0.15) is 10.6 Å². The Labute approximate surface area is 178 Å². The molecule has 1 saturated heterocycles. The van der Waals surface area contributed by atoms with E-state index >= 15 is 0 Å². The molecular formula is C22H30N2O5S. The van der Waals surface area contributed by atoms with Crippen molar-refractivity contribution < 1.29 is 22.7 Å². The van der Waals surface area contributed by atoms with Crippen molar-refractivity contribution in [2.45, 2.75) is 75.3 Å². The van der Waals surface area contributed by atoms with Gasteiger partial charge in [-0.2, -0.15) is 0 Å². The second-order valence-electron chi connectivity index (χ2n) is 8.70. The summed E-state index contributed by atoms with van der Waals surface area (Å²) in [4.78, 5) is 26.9. The average Bonchev–Trinajstić information content (AvgIpc) is 2.99. The van der Waals surface area contributed by atoms with Gasteiger partial charge in [0.15, 0.2) is 0 Å². The average molecular weight is 435 g/mol. The van der Waals surface area contributed by atoms with Crippen molar-refractivity contribution in [3.05, 3.63) is 23.8 Å². The number of benzene rings is 1. The molecule has 0 bridgehead atoms. The minimum Gasteiger partial charge on any atom is -0.495 e. The zero-order valence-corrected chi connectivity index (χ0v) is 18.2. The first-order valence-corrected chi connectivity index (χ1v) is 12.4. The maximum absolute atomic E-state index is 13.1. The van der Waals surface area contributed by atoms with Crippen molar-refractivity contribution in [2.75, 3.05) is 7.11 Å². The maximum atomic E-state index is 13.1. The van der Waals surface area contributed by atoms with Gasteiger partial charge in [0.2, 0.25) is 21.8 Å². The number of ether oxygens (including phenoxy) is 1. The smallest absolute Gasteiger partial charge is 0.244 e. The van der Waals surface area contributed by atoms with Gasteiger partial charge in [-0.25, -0.2) is 13.1 Å². The molecule has 2 aliphatic carbocycles. The van der Waals surface area contributed by atoms with Crippen molar-refractivity contribution in [2.24, 2.45) is 11.8 Å². The molecule has 4 rings (SSSR count). The Morgan fingerprint density at radius 3 is 2.17 bits per heavy atom. The lowest BCUT2D eigenvalue weighted by Crippen LogP contribution is -2.36. The van der Waals surface area contributed by atoms with Crippen LogP contribution < -0.4 is 9.46 Å². The maximum Gasteiger partial charge on any atom is 0.244 e. The van der Waals surface area contributed by atoms with Crippen molar-refractivity contribution in [1.29, 1.82) is 0 Å². The number of nitrogens with zero attached hydrogens (tertiary/aromatic N) is 1. The van der Waals surface area contributed by atoms with Crippen molar-refractivity contribution in [1.82, 2.24) is 9.62 Å². The largest absolute Gasteiger partial charge is 0.495 e. The molecule has 0 aromatic heterocycles. The van der Waals surface area contributed by atoms with Gasteiger partial charge in [0.05, 0.1) is 25.5 Å². The number of nitrogens with one attached hydrogen (secondary N) is 1. The molecule has 1 heterocycles. The van der Waals surface area contributed by atoms with Gasteiger partial charge in [-0.05, 0) is 43.4 Å². The summed E-state index contributed by atoms with van der Waals surface area (Å²) in [7, 11) is -2.33. The van der Waals surface area contributed by atoms with Gasteiger partial charge < -0.3 is 4.74 Å². The van der Waals surface area contributed by atoms with E-state index in [1.165, 1.54) is 18.1 Å². The van der Waals surface area contributed by atoms with Crippen LogP contribution in [0.3, 0.4) is 0 Å². The lowest BCUT2D eigenvalue weighted by molar-refractivity contribution is -0.140. The number of methoxy groups -OCH3 is 1. The van der Waals surface area contributed by atoms with Crippen molar-refractivity contribution >= 4 is 21.8 Å². The van der Waals surface area contributed by atoms with Crippen LogP contribution in [0, 0.1) is 11.8 Å². The second kappa shape index (κ2) is 8.67. The van der Waals surface area contributed by atoms with Gasteiger partial charge in [-0.1, -0.05) is 38.2 Å². The van der Waals surface area contributed by atoms with Crippen LogP contribution >= 0.6 is 0 Å². The van der Waals surface area contributed by atoms with Gasteiger partial charge >= 0.3 is 0 Å². The van der Waals surface area contributed by atoms with Crippen LogP contribution in [0.4, 0.5) is 0 Å². The first-order chi connectivity index (χ1) is 14.4. The van der Waals surface area contributed by atoms with E-state index in [9.17, 15) is 18.0 Å². The van der Waals surface area contributed by atoms with Crippen LogP contribution in [-0.4, -0.2) is 38.3 Å². The van der Waals surface area contributed by atoms with Gasteiger partial charge in [0.25, 0.3) is 0 Å². The topological polar surface area (TPSA) is 92.8 Å². The number of likely N-dealkylation sites (tertiary alicyclic amines) is 1.